The molecule has 0 radical (unpaired) electrons. The Labute approximate surface area is 175 Å². The Bertz CT molecular complexity index is 826. The number of nitrogens with one attached hydrogen (secondary N) is 2. The van der Waals surface area contributed by atoms with E-state index < -0.39 is 40.8 Å². The van der Waals surface area contributed by atoms with E-state index in [1.165, 1.54) is 0 Å². The Hall–Kier alpha value is -3.16. The van der Waals surface area contributed by atoms with Crippen LogP contribution in [0.4, 0.5) is 22.0 Å². The largest absolute Gasteiger partial charge is 0.420 e. The molecule has 170 valence electrons. The molecule has 0 saturated carbocycles. The fourth-order valence-corrected chi connectivity index (χ4v) is 2.37. The van der Waals surface area contributed by atoms with Crippen LogP contribution in [0.2, 0.25) is 0 Å². The number of rotatable bonds is 12. The van der Waals surface area contributed by atoms with Gasteiger partial charge in [0.25, 0.3) is 0 Å². The normalized spacial score (nSPS) is 10.3. The highest BCUT2D eigenvalue weighted by molar-refractivity contribution is 5.78. The quantitative estimate of drug-likeness (QED) is 0.0980. The molecule has 0 fully saturated rings. The number of carbonyl (C=O) groups is 3. The Morgan fingerprint density at radius 2 is 1.29 bits per heavy atom. The highest BCUT2D eigenvalue weighted by atomic mass is 19.2. The number of esters is 1. The van der Waals surface area contributed by atoms with Crippen LogP contribution in [0.1, 0.15) is 44.9 Å². The Kier molecular flexibility index (Phi) is 11.0. The van der Waals surface area contributed by atoms with Crippen molar-refractivity contribution in [2.24, 2.45) is 0 Å². The van der Waals surface area contributed by atoms with E-state index in [2.05, 4.69) is 21.3 Å². The molecule has 0 saturated heterocycles. The van der Waals surface area contributed by atoms with Gasteiger partial charge >= 0.3 is 5.97 Å². The smallest absolute Gasteiger partial charge is 0.311 e. The minimum atomic E-state index is -2.34. The van der Waals surface area contributed by atoms with E-state index in [-0.39, 0.29) is 44.0 Å². The van der Waals surface area contributed by atoms with Gasteiger partial charge in [-0.1, -0.05) is 12.3 Å². The fraction of sp³-hybridized carbons (Fsp3) is 0.450. The van der Waals surface area contributed by atoms with Gasteiger partial charge in [-0.3, -0.25) is 14.4 Å². The fourth-order valence-electron chi connectivity index (χ4n) is 2.37. The standard InChI is InChI=1S/C20H21F5N2O4/c1-2-10-26-12(28)7-6-8-13(29)27-11-5-3-4-9-14(30)31-20-18(24)16(22)15(21)17(23)19(20)25/h1H,3-11H2,(H,26,28)(H,27,29). The van der Waals surface area contributed by atoms with Crippen molar-refractivity contribution in [1.29, 1.82) is 0 Å². The molecule has 0 aliphatic heterocycles. The Morgan fingerprint density at radius 3 is 1.87 bits per heavy atom. The summed E-state index contributed by atoms with van der Waals surface area (Å²) < 4.78 is 70.2. The van der Waals surface area contributed by atoms with Crippen molar-refractivity contribution >= 4 is 17.8 Å². The van der Waals surface area contributed by atoms with Gasteiger partial charge in [-0.2, -0.15) is 8.78 Å². The molecule has 1 aromatic carbocycles. The Balaban J connectivity index is 2.23. The number of terminal acetylenes is 1. The van der Waals surface area contributed by atoms with Crippen molar-refractivity contribution in [3.8, 4) is 18.1 Å². The zero-order chi connectivity index (χ0) is 23.4. The van der Waals surface area contributed by atoms with Gasteiger partial charge in [-0.05, 0) is 19.3 Å². The lowest BCUT2D eigenvalue weighted by atomic mass is 10.2. The van der Waals surface area contributed by atoms with Crippen LogP contribution in [0, 0.1) is 41.4 Å². The third-order valence-electron chi connectivity index (χ3n) is 3.96. The van der Waals surface area contributed by atoms with Gasteiger partial charge in [-0.25, -0.2) is 13.2 Å². The summed E-state index contributed by atoms with van der Waals surface area (Å²) >= 11 is 0. The summed E-state index contributed by atoms with van der Waals surface area (Å²) in [5.74, 6) is -12.2. The summed E-state index contributed by atoms with van der Waals surface area (Å²) in [5, 5.41) is 5.09. The highest BCUT2D eigenvalue weighted by Crippen LogP contribution is 2.29. The van der Waals surface area contributed by atoms with Crippen LogP contribution in [0.25, 0.3) is 0 Å². The highest BCUT2D eigenvalue weighted by Gasteiger charge is 2.28. The predicted octanol–water partition coefficient (Wildman–Crippen LogP) is 2.88. The maximum absolute atomic E-state index is 13.4. The van der Waals surface area contributed by atoms with Crippen LogP contribution in [0.5, 0.6) is 5.75 Å². The van der Waals surface area contributed by atoms with Crippen LogP contribution in [0.3, 0.4) is 0 Å². The summed E-state index contributed by atoms with van der Waals surface area (Å²) in [6.45, 7) is 0.426. The molecule has 1 rings (SSSR count). The second-order valence-electron chi connectivity index (χ2n) is 6.37. The summed E-state index contributed by atoms with van der Waals surface area (Å²) in [6, 6.07) is 0. The molecule has 0 unspecified atom stereocenters. The minimum absolute atomic E-state index is 0.125. The van der Waals surface area contributed by atoms with Crippen LogP contribution >= 0.6 is 0 Å². The molecule has 0 aromatic heterocycles. The summed E-state index contributed by atoms with van der Waals surface area (Å²) in [4.78, 5) is 34.5. The van der Waals surface area contributed by atoms with Crippen molar-refractivity contribution < 1.29 is 41.1 Å². The lowest BCUT2D eigenvalue weighted by molar-refractivity contribution is -0.135. The lowest BCUT2D eigenvalue weighted by Gasteiger charge is -2.09. The van der Waals surface area contributed by atoms with Gasteiger partial charge in [0.2, 0.25) is 46.6 Å². The lowest BCUT2D eigenvalue weighted by Crippen LogP contribution is -2.26. The molecule has 1 aromatic rings. The molecule has 2 N–H and O–H groups in total. The van der Waals surface area contributed by atoms with Crippen molar-refractivity contribution in [2.45, 2.75) is 44.9 Å². The number of benzene rings is 1. The summed E-state index contributed by atoms with van der Waals surface area (Å²) in [7, 11) is 0. The van der Waals surface area contributed by atoms with Crippen LogP contribution in [-0.4, -0.2) is 30.9 Å². The summed E-state index contributed by atoms with van der Waals surface area (Å²) in [6.07, 6.45) is 6.46. The molecule has 0 aliphatic rings. The van der Waals surface area contributed by atoms with Gasteiger partial charge < -0.3 is 15.4 Å². The van der Waals surface area contributed by atoms with Crippen molar-refractivity contribution in [2.75, 3.05) is 13.1 Å². The number of hydrogen-bond donors (Lipinski definition) is 2. The third kappa shape index (κ3) is 8.62. The molecule has 0 heterocycles. The van der Waals surface area contributed by atoms with Crippen molar-refractivity contribution in [1.82, 2.24) is 10.6 Å². The van der Waals surface area contributed by atoms with E-state index in [1.54, 1.807) is 0 Å². The number of amides is 2. The van der Waals surface area contributed by atoms with Crippen LogP contribution < -0.4 is 15.4 Å². The van der Waals surface area contributed by atoms with E-state index in [9.17, 15) is 36.3 Å². The molecule has 0 atom stereocenters. The molecule has 6 nitrogen and oxygen atoms in total. The zero-order valence-corrected chi connectivity index (χ0v) is 16.5. The predicted molar refractivity (Wildman–Crippen MR) is 99.0 cm³/mol. The van der Waals surface area contributed by atoms with E-state index in [0.29, 0.717) is 25.8 Å². The Morgan fingerprint density at radius 1 is 0.742 bits per heavy atom. The van der Waals surface area contributed by atoms with E-state index in [1.807, 2.05) is 0 Å². The first kappa shape index (κ1) is 25.9. The third-order valence-corrected chi connectivity index (χ3v) is 3.96. The number of ether oxygens (including phenoxy) is 1. The molecular weight excluding hydrogens is 427 g/mol. The molecule has 0 aliphatic carbocycles. The maximum Gasteiger partial charge on any atom is 0.311 e. The van der Waals surface area contributed by atoms with E-state index >= 15 is 0 Å². The molecule has 11 heteroatoms. The van der Waals surface area contributed by atoms with E-state index in [0.717, 1.165) is 0 Å². The second-order valence-corrected chi connectivity index (χ2v) is 6.37. The number of carbonyl (C=O) groups excluding carboxylic acids is 3. The van der Waals surface area contributed by atoms with Crippen molar-refractivity contribution in [3.05, 3.63) is 29.1 Å². The SMILES string of the molecule is C#CCNC(=O)CCCC(=O)NCCCCCC(=O)Oc1c(F)c(F)c(F)c(F)c1F. The molecular formula is C20H21F5N2O4. The average Bonchev–Trinajstić information content (AvgIpc) is 2.74. The van der Waals surface area contributed by atoms with Gasteiger partial charge in [0.05, 0.1) is 6.54 Å². The number of halogens is 5. The number of unbranched alkanes of at least 4 members (excludes halogenated alkanes) is 2. The van der Waals surface area contributed by atoms with Crippen molar-refractivity contribution in [3.63, 3.8) is 0 Å². The first-order valence-corrected chi connectivity index (χ1v) is 9.38. The summed E-state index contributed by atoms with van der Waals surface area (Å²) in [5.41, 5.74) is 0. The van der Waals surface area contributed by atoms with Gasteiger partial charge in [0.1, 0.15) is 0 Å². The van der Waals surface area contributed by atoms with E-state index in [4.69, 9.17) is 6.42 Å². The van der Waals surface area contributed by atoms with Crippen LogP contribution in [-0.2, 0) is 14.4 Å². The topological polar surface area (TPSA) is 84.5 Å². The van der Waals surface area contributed by atoms with Gasteiger partial charge in [0.15, 0.2) is 0 Å². The number of hydrogen-bond acceptors (Lipinski definition) is 4. The monoisotopic (exact) mass is 448 g/mol. The first-order valence-electron chi connectivity index (χ1n) is 9.38. The molecule has 31 heavy (non-hydrogen) atoms. The minimum Gasteiger partial charge on any atom is -0.420 e. The zero-order valence-electron chi connectivity index (χ0n) is 16.5. The van der Waals surface area contributed by atoms with Gasteiger partial charge in [-0.15, -0.1) is 6.42 Å². The molecule has 2 amide bonds. The van der Waals surface area contributed by atoms with Crippen LogP contribution in [0.15, 0.2) is 0 Å². The second kappa shape index (κ2) is 13.2. The first-order chi connectivity index (χ1) is 14.7. The molecule has 0 bridgehead atoms. The molecule has 0 spiro atoms. The maximum atomic E-state index is 13.4. The van der Waals surface area contributed by atoms with Gasteiger partial charge in [0, 0.05) is 25.8 Å². The average molecular weight is 448 g/mol.